The normalized spacial score (nSPS) is 11.5. The zero-order chi connectivity index (χ0) is 25.7. The second kappa shape index (κ2) is 11.2. The lowest BCUT2D eigenvalue weighted by Gasteiger charge is -2.27. The molecule has 0 aliphatic carbocycles. The van der Waals surface area contributed by atoms with Gasteiger partial charge in [-0.15, -0.1) is 0 Å². The minimum atomic E-state index is -1.50. The first-order chi connectivity index (χ1) is 17.6. The molecule has 1 N–H and O–H groups in total. The molecule has 0 heterocycles. The maximum absolute atomic E-state index is 11.7. The van der Waals surface area contributed by atoms with E-state index < -0.39 is 7.92 Å². The van der Waals surface area contributed by atoms with Crippen LogP contribution in [-0.2, 0) is 0 Å². The van der Waals surface area contributed by atoms with Gasteiger partial charge in [0.25, 0.3) is 0 Å². The van der Waals surface area contributed by atoms with Crippen molar-refractivity contribution in [3.05, 3.63) is 78.9 Å². The van der Waals surface area contributed by atoms with E-state index >= 15 is 0 Å². The average Bonchev–Trinajstić information content (AvgIpc) is 2.94. The molecule has 0 bridgehead atoms. The molecule has 0 aliphatic heterocycles. The molecule has 0 saturated heterocycles. The Kier molecular flexibility index (Phi) is 7.87. The number of benzene rings is 4. The van der Waals surface area contributed by atoms with E-state index in [1.54, 1.807) is 35.5 Å². The third-order valence-corrected chi connectivity index (χ3v) is 8.50. The van der Waals surface area contributed by atoms with Gasteiger partial charge in [0.1, 0.15) is 34.5 Å². The molecule has 36 heavy (non-hydrogen) atoms. The monoisotopic (exact) mass is 504 g/mol. The van der Waals surface area contributed by atoms with Gasteiger partial charge in [-0.2, -0.15) is 0 Å². The summed E-state index contributed by atoms with van der Waals surface area (Å²) in [5, 5.41) is 14.0. The quantitative estimate of drug-likeness (QED) is 0.329. The maximum Gasteiger partial charge on any atom is 0.134 e. The summed E-state index contributed by atoms with van der Waals surface area (Å²) in [4.78, 5) is 0. The largest absolute Gasteiger partial charge is 0.507 e. The molecule has 0 saturated carbocycles. The molecule has 0 aliphatic rings. The number of aromatic hydroxyl groups is 1. The van der Waals surface area contributed by atoms with E-state index in [-0.39, 0.29) is 5.75 Å². The second-order valence-corrected chi connectivity index (χ2v) is 9.81. The number of phenols is 1. The second-order valence-electron chi connectivity index (χ2n) is 7.77. The molecule has 0 radical (unpaired) electrons. The van der Waals surface area contributed by atoms with Crippen molar-refractivity contribution in [2.45, 2.75) is 0 Å². The van der Waals surface area contributed by atoms with E-state index in [0.29, 0.717) is 34.1 Å². The summed E-state index contributed by atoms with van der Waals surface area (Å²) in [5.74, 6) is 3.15. The van der Waals surface area contributed by atoms with Gasteiger partial charge in [-0.25, -0.2) is 0 Å². The summed E-state index contributed by atoms with van der Waals surface area (Å²) in [6.07, 6.45) is 0. The number of rotatable bonds is 9. The molecule has 0 fully saturated rings. The summed E-state index contributed by atoms with van der Waals surface area (Å²) in [7, 11) is 6.53. The smallest absolute Gasteiger partial charge is 0.134 e. The minimum absolute atomic E-state index is 0.169. The predicted molar refractivity (Wildman–Crippen MR) is 145 cm³/mol. The van der Waals surface area contributed by atoms with Crippen LogP contribution in [0.3, 0.4) is 0 Å². The fourth-order valence-electron chi connectivity index (χ4n) is 4.17. The van der Waals surface area contributed by atoms with Crippen molar-refractivity contribution in [2.75, 3.05) is 35.5 Å². The van der Waals surface area contributed by atoms with E-state index in [4.69, 9.17) is 23.7 Å². The molecule has 0 spiro atoms. The van der Waals surface area contributed by atoms with Gasteiger partial charge in [-0.05, 0) is 17.7 Å². The summed E-state index contributed by atoms with van der Waals surface area (Å²) in [6.45, 7) is 0. The molecule has 4 aromatic rings. The van der Waals surface area contributed by atoms with Crippen molar-refractivity contribution in [3.8, 4) is 45.6 Å². The Morgan fingerprint density at radius 3 is 1.61 bits per heavy atom. The van der Waals surface area contributed by atoms with Crippen LogP contribution in [0.15, 0.2) is 78.9 Å². The first-order valence-corrected chi connectivity index (χ1v) is 12.6. The van der Waals surface area contributed by atoms with Crippen molar-refractivity contribution >= 4 is 23.8 Å². The number of para-hydroxylation sites is 1. The van der Waals surface area contributed by atoms with Crippen molar-refractivity contribution in [1.29, 1.82) is 0 Å². The predicted octanol–water partition coefficient (Wildman–Crippen LogP) is 4.86. The Hall–Kier alpha value is -3.89. The van der Waals surface area contributed by atoms with Crippen LogP contribution in [-0.4, -0.2) is 40.7 Å². The Labute approximate surface area is 212 Å². The topological polar surface area (TPSA) is 66.4 Å². The van der Waals surface area contributed by atoms with Crippen LogP contribution < -0.4 is 39.6 Å². The van der Waals surface area contributed by atoms with Crippen LogP contribution in [0.1, 0.15) is 0 Å². The van der Waals surface area contributed by atoms with Gasteiger partial charge in [-0.3, -0.25) is 0 Å². The van der Waals surface area contributed by atoms with Crippen molar-refractivity contribution in [1.82, 2.24) is 0 Å². The molecular weight excluding hydrogens is 475 g/mol. The van der Waals surface area contributed by atoms with E-state index in [9.17, 15) is 5.11 Å². The Balaban J connectivity index is 2.11. The zero-order valence-corrected chi connectivity index (χ0v) is 21.8. The molecule has 4 rings (SSSR count). The van der Waals surface area contributed by atoms with Gasteiger partial charge in [0, 0.05) is 30.9 Å². The Morgan fingerprint density at radius 1 is 0.556 bits per heavy atom. The van der Waals surface area contributed by atoms with Crippen LogP contribution in [0.2, 0.25) is 0 Å². The highest BCUT2D eigenvalue weighted by atomic mass is 31.1. The van der Waals surface area contributed by atoms with Gasteiger partial charge in [0.05, 0.1) is 46.2 Å². The molecule has 6 nitrogen and oxygen atoms in total. The number of ether oxygens (including phenoxy) is 5. The van der Waals surface area contributed by atoms with Crippen molar-refractivity contribution < 1.29 is 28.8 Å². The SMILES string of the molecule is COc1cc(OC)c(P(c2cccc(-c3ccccc3)c2O)c2c(OC)cccc2OC)c(OC)c1. The van der Waals surface area contributed by atoms with Gasteiger partial charge in [0.15, 0.2) is 0 Å². The highest BCUT2D eigenvalue weighted by molar-refractivity contribution is 7.80. The van der Waals surface area contributed by atoms with E-state index in [1.807, 2.05) is 78.9 Å². The van der Waals surface area contributed by atoms with Crippen molar-refractivity contribution in [2.24, 2.45) is 0 Å². The highest BCUT2D eigenvalue weighted by Gasteiger charge is 2.33. The number of phenolic OH excluding ortho intramolecular Hbond substituents is 1. The molecule has 1 unspecified atom stereocenters. The summed E-state index contributed by atoms with van der Waals surface area (Å²) in [5.41, 5.74) is 1.63. The van der Waals surface area contributed by atoms with Crippen LogP contribution in [0.4, 0.5) is 0 Å². The van der Waals surface area contributed by atoms with Crippen LogP contribution >= 0.6 is 7.92 Å². The standard InChI is InChI=1S/C29H29O6P/c1-31-20-17-24(34-4)29(25(18-20)35-5)36(28-22(32-2)14-10-15-23(28)33-3)26-16-9-13-21(27(26)30)19-11-7-6-8-12-19/h6-18,30H,1-5H3. The molecule has 1 atom stereocenters. The number of hydrogen-bond donors (Lipinski definition) is 1. The van der Waals surface area contributed by atoms with Gasteiger partial charge in [0.2, 0.25) is 0 Å². The molecule has 7 heteroatoms. The fraction of sp³-hybridized carbons (Fsp3) is 0.172. The lowest BCUT2D eigenvalue weighted by Crippen LogP contribution is -2.26. The Morgan fingerprint density at radius 2 is 1.08 bits per heavy atom. The highest BCUT2D eigenvalue weighted by Crippen LogP contribution is 2.49. The van der Waals surface area contributed by atoms with E-state index in [0.717, 1.165) is 21.7 Å². The van der Waals surface area contributed by atoms with Gasteiger partial charge >= 0.3 is 0 Å². The summed E-state index contributed by atoms with van der Waals surface area (Å²) in [6, 6.07) is 24.8. The molecule has 186 valence electrons. The van der Waals surface area contributed by atoms with Crippen LogP contribution in [0, 0.1) is 0 Å². The third kappa shape index (κ3) is 4.65. The fourth-order valence-corrected chi connectivity index (χ4v) is 6.97. The third-order valence-electron chi connectivity index (χ3n) is 5.88. The van der Waals surface area contributed by atoms with Gasteiger partial charge < -0.3 is 28.8 Å². The van der Waals surface area contributed by atoms with E-state index in [2.05, 4.69) is 0 Å². The average molecular weight is 505 g/mol. The molecule has 4 aromatic carbocycles. The maximum atomic E-state index is 11.7. The van der Waals surface area contributed by atoms with Crippen molar-refractivity contribution in [3.63, 3.8) is 0 Å². The van der Waals surface area contributed by atoms with Gasteiger partial charge in [-0.1, -0.05) is 54.6 Å². The number of hydrogen-bond acceptors (Lipinski definition) is 6. The number of methoxy groups -OCH3 is 5. The van der Waals surface area contributed by atoms with E-state index in [1.165, 1.54) is 0 Å². The minimum Gasteiger partial charge on any atom is -0.507 e. The summed E-state index contributed by atoms with van der Waals surface area (Å²) >= 11 is 0. The lowest BCUT2D eigenvalue weighted by atomic mass is 10.1. The van der Waals surface area contributed by atoms with Crippen LogP contribution in [0.5, 0.6) is 34.5 Å². The Bertz CT molecular complexity index is 1290. The lowest BCUT2D eigenvalue weighted by molar-refractivity contribution is 0.380. The molecule has 0 aromatic heterocycles. The van der Waals surface area contributed by atoms with Crippen LogP contribution in [0.25, 0.3) is 11.1 Å². The molecule has 0 amide bonds. The molecular formula is C29H29O6P. The first-order valence-electron chi connectivity index (χ1n) is 11.3. The zero-order valence-electron chi connectivity index (χ0n) is 20.9. The first kappa shape index (κ1) is 25.2. The summed E-state index contributed by atoms with van der Waals surface area (Å²) < 4.78 is 28.8.